The van der Waals surface area contributed by atoms with Crippen LogP contribution in [0.4, 0.5) is 4.79 Å². The first-order valence-corrected chi connectivity index (χ1v) is 10.1. The van der Waals surface area contributed by atoms with Gasteiger partial charge in [-0.3, -0.25) is 9.59 Å². The normalized spacial score (nSPS) is 18.5. The molecule has 0 aromatic heterocycles. The lowest BCUT2D eigenvalue weighted by Crippen LogP contribution is -2.74. The summed E-state index contributed by atoms with van der Waals surface area (Å²) in [7, 11) is 0. The van der Waals surface area contributed by atoms with Crippen molar-refractivity contribution in [3.8, 4) is 0 Å². The molecule has 2 aliphatic rings. The molecule has 0 bridgehead atoms. The Morgan fingerprint density at radius 2 is 1.72 bits per heavy atom. The van der Waals surface area contributed by atoms with Crippen molar-refractivity contribution < 1.29 is 19.1 Å². The van der Waals surface area contributed by atoms with Gasteiger partial charge < -0.3 is 19.9 Å². The zero-order valence-electron chi connectivity index (χ0n) is 17.3. The van der Waals surface area contributed by atoms with Crippen LogP contribution in [0.15, 0.2) is 24.3 Å². The van der Waals surface area contributed by atoms with Crippen LogP contribution in [-0.4, -0.2) is 65.5 Å². The summed E-state index contributed by atoms with van der Waals surface area (Å²) >= 11 is 6.26. The second-order valence-corrected chi connectivity index (χ2v) is 9.47. The van der Waals surface area contributed by atoms with E-state index in [1.165, 1.54) is 0 Å². The number of halogens is 1. The van der Waals surface area contributed by atoms with Gasteiger partial charge in [-0.05, 0) is 32.4 Å². The van der Waals surface area contributed by atoms with Gasteiger partial charge in [-0.15, -0.1) is 0 Å². The van der Waals surface area contributed by atoms with Gasteiger partial charge in [0.2, 0.25) is 11.8 Å². The highest BCUT2D eigenvalue weighted by Gasteiger charge is 2.54. The smallest absolute Gasteiger partial charge is 0.408 e. The molecular formula is C21H28ClN3O4. The van der Waals surface area contributed by atoms with Crippen LogP contribution in [-0.2, 0) is 20.7 Å². The third-order valence-corrected chi connectivity index (χ3v) is 5.60. The van der Waals surface area contributed by atoms with Crippen molar-refractivity contribution in [2.75, 3.05) is 26.2 Å². The highest BCUT2D eigenvalue weighted by Crippen LogP contribution is 2.40. The molecule has 3 rings (SSSR count). The Kier molecular flexibility index (Phi) is 5.81. The molecule has 7 nitrogen and oxygen atoms in total. The second kappa shape index (κ2) is 7.86. The monoisotopic (exact) mass is 421 g/mol. The topological polar surface area (TPSA) is 79.0 Å². The van der Waals surface area contributed by atoms with Gasteiger partial charge >= 0.3 is 6.09 Å². The molecule has 8 heteroatoms. The lowest BCUT2D eigenvalue weighted by Gasteiger charge is -2.60. The summed E-state index contributed by atoms with van der Waals surface area (Å²) in [6.07, 6.45) is -0.356. The molecule has 2 saturated heterocycles. The standard InChI is InChI=1S/C21H28ClN3O4/c1-14(26)24-10-21(11-24)12-25(13-21)18(27)17(23-19(28)29-20(2,3)4)9-15-7-5-6-8-16(15)22/h5-8,17H,9-13H2,1-4H3,(H,23,28)/t17-/m0/s1. The average molecular weight is 422 g/mol. The number of likely N-dealkylation sites (tertiary alicyclic amines) is 2. The minimum atomic E-state index is -0.772. The maximum absolute atomic E-state index is 13.1. The van der Waals surface area contributed by atoms with Crippen LogP contribution in [0.1, 0.15) is 33.3 Å². The van der Waals surface area contributed by atoms with Gasteiger partial charge in [0.05, 0.1) is 0 Å². The third-order valence-electron chi connectivity index (χ3n) is 5.23. The summed E-state index contributed by atoms with van der Waals surface area (Å²) < 4.78 is 5.33. The molecule has 1 atom stereocenters. The molecule has 3 amide bonds. The van der Waals surface area contributed by atoms with E-state index < -0.39 is 17.7 Å². The van der Waals surface area contributed by atoms with Crippen molar-refractivity contribution in [3.63, 3.8) is 0 Å². The molecule has 2 heterocycles. The Labute approximate surface area is 176 Å². The molecule has 1 N–H and O–H groups in total. The van der Waals surface area contributed by atoms with E-state index in [-0.39, 0.29) is 23.7 Å². The van der Waals surface area contributed by atoms with Crippen LogP contribution in [0.5, 0.6) is 0 Å². The van der Waals surface area contributed by atoms with Crippen LogP contribution in [0, 0.1) is 5.41 Å². The SMILES string of the molecule is CC(=O)N1CC2(C1)CN(C(=O)[C@H](Cc1ccccc1Cl)NC(=O)OC(C)(C)C)C2. The fourth-order valence-corrected chi connectivity index (χ4v) is 4.07. The van der Waals surface area contributed by atoms with E-state index in [1.807, 2.05) is 18.2 Å². The molecule has 1 aromatic rings. The predicted molar refractivity (Wildman–Crippen MR) is 110 cm³/mol. The van der Waals surface area contributed by atoms with Crippen molar-refractivity contribution in [2.24, 2.45) is 5.41 Å². The number of hydrogen-bond acceptors (Lipinski definition) is 4. The van der Waals surface area contributed by atoms with Gasteiger partial charge in [0, 0.05) is 50.0 Å². The zero-order valence-corrected chi connectivity index (χ0v) is 18.1. The highest BCUT2D eigenvalue weighted by atomic mass is 35.5. The first-order valence-electron chi connectivity index (χ1n) is 9.75. The van der Waals surface area contributed by atoms with Gasteiger partial charge in [-0.1, -0.05) is 29.8 Å². The summed E-state index contributed by atoms with van der Waals surface area (Å²) in [5.74, 6) is -0.105. The van der Waals surface area contributed by atoms with Crippen molar-refractivity contribution in [2.45, 2.75) is 45.8 Å². The maximum Gasteiger partial charge on any atom is 0.408 e. The second-order valence-electron chi connectivity index (χ2n) is 9.06. The van der Waals surface area contributed by atoms with Gasteiger partial charge in [-0.2, -0.15) is 0 Å². The van der Waals surface area contributed by atoms with Crippen LogP contribution >= 0.6 is 11.6 Å². The number of carbonyl (C=O) groups excluding carboxylic acids is 3. The number of hydrogen-bond donors (Lipinski definition) is 1. The number of alkyl carbamates (subject to hydrolysis) is 1. The van der Waals surface area contributed by atoms with Gasteiger partial charge in [0.25, 0.3) is 0 Å². The molecule has 0 unspecified atom stereocenters. The number of nitrogens with zero attached hydrogens (tertiary/aromatic N) is 2. The average Bonchev–Trinajstić information content (AvgIpc) is 2.51. The van der Waals surface area contributed by atoms with Crippen LogP contribution < -0.4 is 5.32 Å². The van der Waals surface area contributed by atoms with E-state index in [2.05, 4.69) is 5.32 Å². The van der Waals surface area contributed by atoms with Gasteiger partial charge in [-0.25, -0.2) is 4.79 Å². The van der Waals surface area contributed by atoms with E-state index in [0.717, 1.165) is 5.56 Å². The number of carbonyl (C=O) groups is 3. The number of amides is 3. The molecule has 158 valence electrons. The number of rotatable bonds is 4. The van der Waals surface area contributed by atoms with Crippen molar-refractivity contribution in [1.29, 1.82) is 0 Å². The van der Waals surface area contributed by atoms with E-state index >= 15 is 0 Å². The number of benzene rings is 1. The fraction of sp³-hybridized carbons (Fsp3) is 0.571. The number of nitrogens with one attached hydrogen (secondary N) is 1. The quantitative estimate of drug-likeness (QED) is 0.810. The van der Waals surface area contributed by atoms with Crippen molar-refractivity contribution in [3.05, 3.63) is 34.9 Å². The number of ether oxygens (including phenoxy) is 1. The Morgan fingerprint density at radius 1 is 1.14 bits per heavy atom. The maximum atomic E-state index is 13.1. The summed E-state index contributed by atoms with van der Waals surface area (Å²) in [5, 5.41) is 3.26. The minimum Gasteiger partial charge on any atom is -0.444 e. The lowest BCUT2D eigenvalue weighted by molar-refractivity contribution is -0.168. The van der Waals surface area contributed by atoms with E-state index in [0.29, 0.717) is 31.2 Å². The Morgan fingerprint density at radius 3 is 2.28 bits per heavy atom. The first-order chi connectivity index (χ1) is 13.5. The van der Waals surface area contributed by atoms with Crippen LogP contribution in [0.25, 0.3) is 0 Å². The molecule has 0 aliphatic carbocycles. The molecule has 1 aromatic carbocycles. The van der Waals surface area contributed by atoms with E-state index in [1.54, 1.807) is 43.6 Å². The molecule has 2 fully saturated rings. The summed E-state index contributed by atoms with van der Waals surface area (Å²) in [5.41, 5.74) is 0.123. The largest absolute Gasteiger partial charge is 0.444 e. The molecule has 29 heavy (non-hydrogen) atoms. The Bertz CT molecular complexity index is 806. The predicted octanol–water partition coefficient (Wildman–Crippen LogP) is 2.47. The molecular weight excluding hydrogens is 394 g/mol. The third kappa shape index (κ3) is 5.01. The fourth-order valence-electron chi connectivity index (χ4n) is 3.86. The summed E-state index contributed by atoms with van der Waals surface area (Å²) in [6.45, 7) is 9.41. The summed E-state index contributed by atoms with van der Waals surface area (Å²) in [4.78, 5) is 40.4. The van der Waals surface area contributed by atoms with E-state index in [4.69, 9.17) is 16.3 Å². The Hall–Kier alpha value is -2.28. The van der Waals surface area contributed by atoms with Gasteiger partial charge in [0.1, 0.15) is 11.6 Å². The van der Waals surface area contributed by atoms with E-state index in [9.17, 15) is 14.4 Å². The minimum absolute atomic E-state index is 0.00217. The Balaban J connectivity index is 1.66. The van der Waals surface area contributed by atoms with Crippen LogP contribution in [0.3, 0.4) is 0 Å². The van der Waals surface area contributed by atoms with Crippen LogP contribution in [0.2, 0.25) is 5.02 Å². The molecule has 1 spiro atoms. The zero-order chi connectivity index (χ0) is 21.4. The molecule has 0 saturated carbocycles. The molecule has 0 radical (unpaired) electrons. The van der Waals surface area contributed by atoms with Crippen molar-refractivity contribution in [1.82, 2.24) is 15.1 Å². The highest BCUT2D eigenvalue weighted by molar-refractivity contribution is 6.31. The summed E-state index contributed by atoms with van der Waals surface area (Å²) in [6, 6.07) is 6.49. The van der Waals surface area contributed by atoms with Crippen molar-refractivity contribution >= 4 is 29.5 Å². The molecule has 2 aliphatic heterocycles. The first kappa shape index (κ1) is 21.4. The lowest BCUT2D eigenvalue weighted by atomic mass is 9.72. The van der Waals surface area contributed by atoms with Gasteiger partial charge in [0.15, 0.2) is 0 Å².